The Balaban J connectivity index is 1.44. The maximum absolute atomic E-state index is 13.6. The van der Waals surface area contributed by atoms with Crippen LogP contribution < -0.4 is 0 Å². The molecule has 4 fully saturated rings. The molecule has 0 unspecified atom stereocenters. The number of aryl methyl sites for hydroxylation is 1. The van der Waals surface area contributed by atoms with E-state index in [0.717, 1.165) is 23.1 Å². The van der Waals surface area contributed by atoms with Crippen molar-refractivity contribution in [2.45, 2.75) is 65.0 Å². The van der Waals surface area contributed by atoms with Crippen LogP contribution in [0.4, 0.5) is 0 Å². The molecule has 28 heavy (non-hydrogen) atoms. The van der Waals surface area contributed by atoms with Crippen molar-refractivity contribution in [2.75, 3.05) is 0 Å². The van der Waals surface area contributed by atoms with Gasteiger partial charge >= 0.3 is 0 Å². The van der Waals surface area contributed by atoms with Gasteiger partial charge in [0.25, 0.3) is 5.91 Å². The molecule has 0 spiro atoms. The fraction of sp³-hybridized carbons (Fsp3) is 0.583. The van der Waals surface area contributed by atoms with Crippen molar-refractivity contribution >= 4 is 5.91 Å². The van der Waals surface area contributed by atoms with E-state index in [1.54, 1.807) is 0 Å². The molecule has 6 rings (SSSR count). The van der Waals surface area contributed by atoms with Crippen molar-refractivity contribution in [3.05, 3.63) is 47.8 Å². The van der Waals surface area contributed by atoms with Crippen LogP contribution in [-0.4, -0.2) is 32.7 Å². The number of hydrogen-bond acceptors (Lipinski definition) is 2. The minimum Gasteiger partial charge on any atom is -0.331 e. The monoisotopic (exact) mass is 377 g/mol. The van der Waals surface area contributed by atoms with Gasteiger partial charge in [-0.25, -0.2) is 4.68 Å². The lowest BCUT2D eigenvalue weighted by atomic mass is 9.53. The number of carbonyl (C=O) groups excluding carboxylic acids is 1. The Hall–Kier alpha value is -2.10. The largest absolute Gasteiger partial charge is 0.331 e. The summed E-state index contributed by atoms with van der Waals surface area (Å²) < 4.78 is 1.85. The Morgan fingerprint density at radius 1 is 1.04 bits per heavy atom. The van der Waals surface area contributed by atoms with Crippen LogP contribution in [0.25, 0.3) is 5.69 Å². The molecule has 1 aromatic heterocycles. The first kappa shape index (κ1) is 18.0. The summed E-state index contributed by atoms with van der Waals surface area (Å²) in [5, 5.41) is 4.68. The first-order valence-electron chi connectivity index (χ1n) is 11.0. The second-order valence-electron chi connectivity index (χ2n) is 9.66. The van der Waals surface area contributed by atoms with Gasteiger partial charge in [0.15, 0.2) is 5.69 Å². The fourth-order valence-electron chi connectivity index (χ4n) is 6.59. The van der Waals surface area contributed by atoms with Gasteiger partial charge < -0.3 is 4.90 Å². The zero-order valence-electron chi connectivity index (χ0n) is 17.2. The minimum atomic E-state index is 0.111. The van der Waals surface area contributed by atoms with E-state index in [1.807, 2.05) is 29.1 Å². The van der Waals surface area contributed by atoms with E-state index < -0.39 is 0 Å². The number of aromatic nitrogens is 2. The normalized spacial score (nSPS) is 30.8. The first-order chi connectivity index (χ1) is 13.5. The Morgan fingerprint density at radius 3 is 2.29 bits per heavy atom. The molecular formula is C24H31N3O. The van der Waals surface area contributed by atoms with Gasteiger partial charge in [-0.2, -0.15) is 5.10 Å². The summed E-state index contributed by atoms with van der Waals surface area (Å²) in [5.41, 5.74) is 2.77. The molecule has 1 heterocycles. The van der Waals surface area contributed by atoms with Crippen LogP contribution in [0, 0.1) is 30.6 Å². The zero-order valence-corrected chi connectivity index (χ0v) is 17.2. The maximum atomic E-state index is 13.6. The molecule has 148 valence electrons. The topological polar surface area (TPSA) is 38.1 Å². The average molecular weight is 378 g/mol. The van der Waals surface area contributed by atoms with Crippen molar-refractivity contribution < 1.29 is 4.79 Å². The van der Waals surface area contributed by atoms with Crippen molar-refractivity contribution in [1.82, 2.24) is 14.7 Å². The van der Waals surface area contributed by atoms with Crippen molar-refractivity contribution in [3.63, 3.8) is 0 Å². The summed E-state index contributed by atoms with van der Waals surface area (Å²) >= 11 is 0. The van der Waals surface area contributed by atoms with Crippen LogP contribution in [-0.2, 0) is 0 Å². The van der Waals surface area contributed by atoms with Gasteiger partial charge in [0.2, 0.25) is 0 Å². The summed E-state index contributed by atoms with van der Waals surface area (Å²) in [6.45, 7) is 6.41. The average Bonchev–Trinajstić information content (AvgIpc) is 3.13. The summed E-state index contributed by atoms with van der Waals surface area (Å²) in [7, 11) is 0. The molecule has 0 aliphatic heterocycles. The van der Waals surface area contributed by atoms with Crippen LogP contribution >= 0.6 is 0 Å². The Kier molecular flexibility index (Phi) is 4.33. The van der Waals surface area contributed by atoms with Gasteiger partial charge in [0.1, 0.15) is 0 Å². The number of para-hydroxylation sites is 1. The SMILES string of the molecule is Cc1ccccc1-n1ccc(C(=O)N(C(C)C)C2C3CC4CC(C3)CC2C4)n1. The van der Waals surface area contributed by atoms with E-state index >= 15 is 0 Å². The molecule has 1 aromatic carbocycles. The fourth-order valence-corrected chi connectivity index (χ4v) is 6.59. The lowest BCUT2D eigenvalue weighted by Gasteiger charge is -2.57. The first-order valence-corrected chi connectivity index (χ1v) is 11.0. The van der Waals surface area contributed by atoms with E-state index in [4.69, 9.17) is 0 Å². The molecule has 4 nitrogen and oxygen atoms in total. The lowest BCUT2D eigenvalue weighted by molar-refractivity contribution is -0.0631. The molecule has 4 bridgehead atoms. The number of benzene rings is 1. The molecule has 4 saturated carbocycles. The van der Waals surface area contributed by atoms with Crippen LogP contribution in [0.2, 0.25) is 0 Å². The maximum Gasteiger partial charge on any atom is 0.274 e. The smallest absolute Gasteiger partial charge is 0.274 e. The minimum absolute atomic E-state index is 0.111. The van der Waals surface area contributed by atoms with Crippen LogP contribution in [0.5, 0.6) is 0 Å². The van der Waals surface area contributed by atoms with E-state index in [1.165, 1.54) is 32.1 Å². The third kappa shape index (κ3) is 2.89. The van der Waals surface area contributed by atoms with Gasteiger partial charge in [-0.3, -0.25) is 4.79 Å². The van der Waals surface area contributed by atoms with E-state index in [0.29, 0.717) is 23.6 Å². The molecule has 4 aliphatic rings. The molecule has 0 radical (unpaired) electrons. The van der Waals surface area contributed by atoms with Crippen molar-refractivity contribution in [3.8, 4) is 5.69 Å². The summed E-state index contributed by atoms with van der Waals surface area (Å²) in [4.78, 5) is 15.8. The number of nitrogens with zero attached hydrogens (tertiary/aromatic N) is 3. The van der Waals surface area contributed by atoms with E-state index in [9.17, 15) is 4.79 Å². The predicted octanol–water partition coefficient (Wildman–Crippen LogP) is 4.86. The highest BCUT2D eigenvalue weighted by atomic mass is 16.2. The molecule has 4 aliphatic carbocycles. The second kappa shape index (κ2) is 6.75. The van der Waals surface area contributed by atoms with Gasteiger partial charge in [0.05, 0.1) is 5.69 Å². The highest BCUT2D eigenvalue weighted by molar-refractivity contribution is 5.92. The Labute approximate surface area is 167 Å². The molecule has 2 aromatic rings. The Morgan fingerprint density at radius 2 is 1.68 bits per heavy atom. The molecular weight excluding hydrogens is 346 g/mol. The predicted molar refractivity (Wildman–Crippen MR) is 110 cm³/mol. The second-order valence-corrected chi connectivity index (χ2v) is 9.66. The standard InChI is InChI=1S/C24H31N3O/c1-15(2)27(23-19-11-17-10-18(13-19)14-20(23)12-17)24(28)21-8-9-26(25-21)22-7-5-4-6-16(22)3/h4-9,15,17-20,23H,10-14H2,1-3H3. The molecule has 0 saturated heterocycles. The summed E-state index contributed by atoms with van der Waals surface area (Å²) in [6, 6.07) is 10.7. The Bertz CT molecular complexity index is 855. The number of hydrogen-bond donors (Lipinski definition) is 0. The van der Waals surface area contributed by atoms with Crippen molar-refractivity contribution in [1.29, 1.82) is 0 Å². The van der Waals surface area contributed by atoms with Gasteiger partial charge in [0, 0.05) is 18.3 Å². The van der Waals surface area contributed by atoms with Gasteiger partial charge in [-0.1, -0.05) is 18.2 Å². The van der Waals surface area contributed by atoms with Crippen molar-refractivity contribution in [2.24, 2.45) is 23.7 Å². The molecule has 4 heteroatoms. The number of amides is 1. The van der Waals surface area contributed by atoms with Crippen LogP contribution in [0.15, 0.2) is 36.5 Å². The van der Waals surface area contributed by atoms with Gasteiger partial charge in [-0.15, -0.1) is 0 Å². The van der Waals surface area contributed by atoms with E-state index in [-0.39, 0.29) is 11.9 Å². The third-order valence-electron chi connectivity index (χ3n) is 7.46. The zero-order chi connectivity index (χ0) is 19.4. The molecule has 1 amide bonds. The quantitative estimate of drug-likeness (QED) is 0.763. The van der Waals surface area contributed by atoms with Crippen LogP contribution in [0.1, 0.15) is 62.0 Å². The summed E-state index contributed by atoms with van der Waals surface area (Å²) in [6.07, 6.45) is 8.66. The highest BCUT2D eigenvalue weighted by Gasteiger charge is 2.51. The summed E-state index contributed by atoms with van der Waals surface area (Å²) in [5.74, 6) is 3.34. The van der Waals surface area contributed by atoms with E-state index in [2.05, 4.69) is 42.9 Å². The van der Waals surface area contributed by atoms with Crippen LogP contribution in [0.3, 0.4) is 0 Å². The highest BCUT2D eigenvalue weighted by Crippen LogP contribution is 2.55. The number of rotatable bonds is 4. The van der Waals surface area contributed by atoms with Gasteiger partial charge in [-0.05, 0) is 94.2 Å². The molecule has 0 N–H and O–H groups in total. The lowest BCUT2D eigenvalue weighted by Crippen LogP contribution is -2.59. The third-order valence-corrected chi connectivity index (χ3v) is 7.46. The molecule has 0 atom stereocenters. The number of carbonyl (C=O) groups is 1.